The van der Waals surface area contributed by atoms with Gasteiger partial charge in [-0.2, -0.15) is 0 Å². The standard InChI is InChI=1S/C15H30N2O/c1-4-10-17(5-2)15(18)7-6-11-16-12-8-14(3)9-13-16/h14H,4-13H2,1-3H3. The fourth-order valence-corrected chi connectivity index (χ4v) is 2.63. The van der Waals surface area contributed by atoms with Crippen molar-refractivity contribution >= 4 is 5.91 Å². The van der Waals surface area contributed by atoms with E-state index in [1.165, 1.54) is 25.9 Å². The van der Waals surface area contributed by atoms with E-state index in [1.54, 1.807) is 0 Å². The van der Waals surface area contributed by atoms with Crippen LogP contribution < -0.4 is 0 Å². The average molecular weight is 254 g/mol. The molecular formula is C15H30N2O. The summed E-state index contributed by atoms with van der Waals surface area (Å²) >= 11 is 0. The van der Waals surface area contributed by atoms with Gasteiger partial charge in [-0.15, -0.1) is 0 Å². The minimum Gasteiger partial charge on any atom is -0.343 e. The van der Waals surface area contributed by atoms with Crippen LogP contribution in [0.4, 0.5) is 0 Å². The molecule has 1 rings (SSSR count). The van der Waals surface area contributed by atoms with Gasteiger partial charge in [0.2, 0.25) is 5.91 Å². The number of carbonyl (C=O) groups is 1. The molecule has 3 heteroatoms. The van der Waals surface area contributed by atoms with Crippen LogP contribution >= 0.6 is 0 Å². The van der Waals surface area contributed by atoms with E-state index in [1.807, 2.05) is 4.90 Å². The summed E-state index contributed by atoms with van der Waals surface area (Å²) in [5, 5.41) is 0. The number of hydrogen-bond donors (Lipinski definition) is 0. The lowest BCUT2D eigenvalue weighted by molar-refractivity contribution is -0.131. The van der Waals surface area contributed by atoms with Gasteiger partial charge in [-0.1, -0.05) is 13.8 Å². The molecule has 0 aliphatic carbocycles. The Labute approximate surface area is 113 Å². The average Bonchev–Trinajstić information content (AvgIpc) is 2.38. The van der Waals surface area contributed by atoms with Crippen LogP contribution in [0.1, 0.15) is 52.9 Å². The topological polar surface area (TPSA) is 23.6 Å². The van der Waals surface area contributed by atoms with Crippen molar-refractivity contribution in [1.29, 1.82) is 0 Å². The Kier molecular flexibility index (Phi) is 7.33. The van der Waals surface area contributed by atoms with Gasteiger partial charge in [-0.3, -0.25) is 4.79 Å². The van der Waals surface area contributed by atoms with Crippen LogP contribution in [0.25, 0.3) is 0 Å². The molecule has 1 fully saturated rings. The molecule has 0 spiro atoms. The summed E-state index contributed by atoms with van der Waals surface area (Å²) in [7, 11) is 0. The van der Waals surface area contributed by atoms with E-state index in [9.17, 15) is 4.79 Å². The van der Waals surface area contributed by atoms with E-state index in [-0.39, 0.29) is 0 Å². The highest BCUT2D eigenvalue weighted by Gasteiger charge is 2.16. The van der Waals surface area contributed by atoms with Crippen molar-refractivity contribution in [3.63, 3.8) is 0 Å². The van der Waals surface area contributed by atoms with Gasteiger partial charge < -0.3 is 9.80 Å². The van der Waals surface area contributed by atoms with E-state index in [4.69, 9.17) is 0 Å². The predicted molar refractivity (Wildman–Crippen MR) is 76.6 cm³/mol. The molecule has 18 heavy (non-hydrogen) atoms. The number of rotatable bonds is 7. The van der Waals surface area contributed by atoms with Crippen LogP contribution in [-0.4, -0.2) is 48.4 Å². The summed E-state index contributed by atoms with van der Waals surface area (Å²) in [4.78, 5) is 16.5. The highest BCUT2D eigenvalue weighted by Crippen LogP contribution is 2.16. The highest BCUT2D eigenvalue weighted by molar-refractivity contribution is 5.76. The van der Waals surface area contributed by atoms with Crippen LogP contribution in [0.5, 0.6) is 0 Å². The maximum absolute atomic E-state index is 12.0. The first kappa shape index (κ1) is 15.5. The molecular weight excluding hydrogens is 224 g/mol. The maximum Gasteiger partial charge on any atom is 0.222 e. The van der Waals surface area contributed by atoms with Gasteiger partial charge >= 0.3 is 0 Å². The summed E-state index contributed by atoms with van der Waals surface area (Å²) < 4.78 is 0. The third-order valence-electron chi connectivity index (χ3n) is 3.97. The summed E-state index contributed by atoms with van der Waals surface area (Å²) in [6.07, 6.45) is 5.45. The Morgan fingerprint density at radius 2 is 1.94 bits per heavy atom. The zero-order chi connectivity index (χ0) is 13.4. The van der Waals surface area contributed by atoms with Crippen LogP contribution in [0.15, 0.2) is 0 Å². The molecule has 1 amide bonds. The quantitative estimate of drug-likeness (QED) is 0.697. The Bertz CT molecular complexity index is 235. The van der Waals surface area contributed by atoms with Crippen LogP contribution in [0.2, 0.25) is 0 Å². The molecule has 1 aliphatic heterocycles. The van der Waals surface area contributed by atoms with Crippen LogP contribution in [0, 0.1) is 5.92 Å². The minimum absolute atomic E-state index is 0.338. The zero-order valence-electron chi connectivity index (χ0n) is 12.5. The molecule has 0 unspecified atom stereocenters. The lowest BCUT2D eigenvalue weighted by Crippen LogP contribution is -2.35. The van der Waals surface area contributed by atoms with Crippen molar-refractivity contribution in [1.82, 2.24) is 9.80 Å². The third kappa shape index (κ3) is 5.38. The second-order valence-electron chi connectivity index (χ2n) is 5.60. The van der Waals surface area contributed by atoms with Crippen molar-refractivity contribution in [3.8, 4) is 0 Å². The van der Waals surface area contributed by atoms with Crippen LogP contribution in [0.3, 0.4) is 0 Å². The molecule has 0 saturated carbocycles. The van der Waals surface area contributed by atoms with Gasteiger partial charge in [0.05, 0.1) is 0 Å². The number of nitrogens with zero attached hydrogens (tertiary/aromatic N) is 2. The Morgan fingerprint density at radius 3 is 2.50 bits per heavy atom. The second kappa shape index (κ2) is 8.52. The fraction of sp³-hybridized carbons (Fsp3) is 0.933. The number of amides is 1. The molecule has 0 radical (unpaired) electrons. The Balaban J connectivity index is 2.14. The summed E-state index contributed by atoms with van der Waals surface area (Å²) in [5.41, 5.74) is 0. The molecule has 0 aromatic rings. The molecule has 0 bridgehead atoms. The van der Waals surface area contributed by atoms with Gasteiger partial charge in [-0.25, -0.2) is 0 Å². The van der Waals surface area contributed by atoms with E-state index >= 15 is 0 Å². The van der Waals surface area contributed by atoms with E-state index in [2.05, 4.69) is 25.7 Å². The van der Waals surface area contributed by atoms with E-state index < -0.39 is 0 Å². The minimum atomic E-state index is 0.338. The normalized spacial score (nSPS) is 17.9. The molecule has 1 saturated heterocycles. The molecule has 0 aromatic heterocycles. The van der Waals surface area contributed by atoms with Crippen molar-refractivity contribution in [3.05, 3.63) is 0 Å². The molecule has 1 aliphatic rings. The van der Waals surface area contributed by atoms with E-state index in [0.29, 0.717) is 5.91 Å². The first-order chi connectivity index (χ1) is 8.67. The molecule has 1 heterocycles. The second-order valence-corrected chi connectivity index (χ2v) is 5.60. The maximum atomic E-state index is 12.0. The number of carbonyl (C=O) groups excluding carboxylic acids is 1. The lowest BCUT2D eigenvalue weighted by Gasteiger charge is -2.30. The van der Waals surface area contributed by atoms with Crippen molar-refractivity contribution in [2.24, 2.45) is 5.92 Å². The Hall–Kier alpha value is -0.570. The largest absolute Gasteiger partial charge is 0.343 e. The summed E-state index contributed by atoms with van der Waals surface area (Å²) in [5.74, 6) is 1.23. The summed E-state index contributed by atoms with van der Waals surface area (Å²) in [6.45, 7) is 11.9. The lowest BCUT2D eigenvalue weighted by atomic mass is 9.99. The van der Waals surface area contributed by atoms with Gasteiger partial charge in [0, 0.05) is 19.5 Å². The first-order valence-electron chi connectivity index (χ1n) is 7.67. The molecule has 106 valence electrons. The number of piperidine rings is 1. The Morgan fingerprint density at radius 1 is 1.28 bits per heavy atom. The zero-order valence-corrected chi connectivity index (χ0v) is 12.5. The highest BCUT2D eigenvalue weighted by atomic mass is 16.2. The fourth-order valence-electron chi connectivity index (χ4n) is 2.63. The molecule has 0 atom stereocenters. The summed E-state index contributed by atoms with van der Waals surface area (Å²) in [6, 6.07) is 0. The number of hydrogen-bond acceptors (Lipinski definition) is 2. The van der Waals surface area contributed by atoms with Crippen molar-refractivity contribution in [2.45, 2.75) is 52.9 Å². The van der Waals surface area contributed by atoms with Gasteiger partial charge in [0.1, 0.15) is 0 Å². The van der Waals surface area contributed by atoms with Crippen molar-refractivity contribution < 1.29 is 4.79 Å². The smallest absolute Gasteiger partial charge is 0.222 e. The molecule has 0 N–H and O–H groups in total. The van der Waals surface area contributed by atoms with Crippen molar-refractivity contribution in [2.75, 3.05) is 32.7 Å². The van der Waals surface area contributed by atoms with Gasteiger partial charge in [-0.05, 0) is 58.2 Å². The van der Waals surface area contributed by atoms with E-state index in [0.717, 1.165) is 44.8 Å². The predicted octanol–water partition coefficient (Wildman–Crippen LogP) is 2.76. The van der Waals surface area contributed by atoms with Gasteiger partial charge in [0.25, 0.3) is 0 Å². The molecule has 0 aromatic carbocycles. The first-order valence-corrected chi connectivity index (χ1v) is 7.67. The monoisotopic (exact) mass is 254 g/mol. The van der Waals surface area contributed by atoms with Gasteiger partial charge in [0.15, 0.2) is 0 Å². The molecule has 3 nitrogen and oxygen atoms in total. The van der Waals surface area contributed by atoms with Crippen LogP contribution in [-0.2, 0) is 4.79 Å². The third-order valence-corrected chi connectivity index (χ3v) is 3.97. The SMILES string of the molecule is CCCN(CC)C(=O)CCCN1CCC(C)CC1. The number of likely N-dealkylation sites (tertiary alicyclic amines) is 1.